The van der Waals surface area contributed by atoms with Gasteiger partial charge in [-0.1, -0.05) is 6.07 Å². The van der Waals surface area contributed by atoms with Gasteiger partial charge in [-0.15, -0.1) is 0 Å². The van der Waals surface area contributed by atoms with Gasteiger partial charge in [0.05, 0.1) is 27.8 Å². The van der Waals surface area contributed by atoms with Crippen LogP contribution in [0.2, 0.25) is 0 Å². The highest BCUT2D eigenvalue weighted by atomic mass is 79.9. The Labute approximate surface area is 128 Å². The first-order chi connectivity index (χ1) is 10.0. The van der Waals surface area contributed by atoms with Crippen LogP contribution in [0, 0.1) is 10.1 Å². The van der Waals surface area contributed by atoms with E-state index in [1.807, 2.05) is 25.1 Å². The molecule has 0 unspecified atom stereocenters. The Morgan fingerprint density at radius 2 is 2.19 bits per heavy atom. The molecule has 21 heavy (non-hydrogen) atoms. The van der Waals surface area contributed by atoms with Crippen molar-refractivity contribution in [2.45, 2.75) is 13.5 Å². The molecule has 0 bridgehead atoms. The summed E-state index contributed by atoms with van der Waals surface area (Å²) in [6.07, 6.45) is 2.73. The molecule has 2 aromatic rings. The minimum absolute atomic E-state index is 0.152. The zero-order valence-corrected chi connectivity index (χ0v) is 12.8. The average Bonchev–Trinajstić information content (AvgIpc) is 2.43. The number of anilines is 1. The molecule has 0 radical (unpaired) electrons. The highest BCUT2D eigenvalue weighted by Gasteiger charge is 2.16. The molecular weight excluding hydrogens is 340 g/mol. The van der Waals surface area contributed by atoms with Crippen LogP contribution in [-0.2, 0) is 6.54 Å². The number of hydrogen-bond donors (Lipinski definition) is 1. The fraction of sp³-hybridized carbons (Fsp3) is 0.231. The van der Waals surface area contributed by atoms with E-state index in [1.54, 1.807) is 4.57 Å². The van der Waals surface area contributed by atoms with Crippen LogP contribution in [0.5, 0.6) is 0 Å². The van der Waals surface area contributed by atoms with E-state index in [0.29, 0.717) is 6.54 Å². The van der Waals surface area contributed by atoms with Crippen molar-refractivity contribution in [3.05, 3.63) is 61.1 Å². The standard InChI is InChI=1S/C13H13BrN4O3/c1-2-15-12-5-3-4-9(16-12)6-17-7-10(14)13(19)11(8-17)18(20)21/h3-5,7-8H,2,6H2,1H3,(H,15,16). The second-order valence-electron chi connectivity index (χ2n) is 4.29. The van der Waals surface area contributed by atoms with Crippen LogP contribution in [0.3, 0.4) is 0 Å². The van der Waals surface area contributed by atoms with Gasteiger partial charge in [-0.25, -0.2) is 4.98 Å². The van der Waals surface area contributed by atoms with Crippen molar-refractivity contribution >= 4 is 27.4 Å². The fourth-order valence-electron chi connectivity index (χ4n) is 1.84. The van der Waals surface area contributed by atoms with Crippen LogP contribution >= 0.6 is 15.9 Å². The topological polar surface area (TPSA) is 90.1 Å². The lowest BCUT2D eigenvalue weighted by atomic mass is 10.3. The maximum atomic E-state index is 11.6. The average molecular weight is 353 g/mol. The molecule has 8 heteroatoms. The molecule has 2 heterocycles. The highest BCUT2D eigenvalue weighted by Crippen LogP contribution is 2.13. The van der Waals surface area contributed by atoms with Gasteiger partial charge in [0.15, 0.2) is 0 Å². The smallest absolute Gasteiger partial charge is 0.333 e. The van der Waals surface area contributed by atoms with Gasteiger partial charge in [-0.2, -0.15) is 0 Å². The molecule has 7 nitrogen and oxygen atoms in total. The first-order valence-electron chi connectivity index (χ1n) is 6.25. The summed E-state index contributed by atoms with van der Waals surface area (Å²) >= 11 is 3.05. The quantitative estimate of drug-likeness (QED) is 0.659. The third-order valence-electron chi connectivity index (χ3n) is 2.72. The Bertz CT molecular complexity index is 730. The molecule has 0 aromatic carbocycles. The second kappa shape index (κ2) is 6.49. The van der Waals surface area contributed by atoms with Gasteiger partial charge in [-0.05, 0) is 35.0 Å². The molecule has 0 aliphatic carbocycles. The lowest BCUT2D eigenvalue weighted by molar-refractivity contribution is -0.386. The van der Waals surface area contributed by atoms with E-state index in [0.717, 1.165) is 18.1 Å². The van der Waals surface area contributed by atoms with E-state index in [2.05, 4.69) is 26.2 Å². The number of nitrogens with one attached hydrogen (secondary N) is 1. The second-order valence-corrected chi connectivity index (χ2v) is 5.15. The molecule has 2 rings (SSSR count). The predicted octanol–water partition coefficient (Wildman–Crippen LogP) is 2.39. The molecule has 0 aliphatic rings. The number of nitro groups is 1. The van der Waals surface area contributed by atoms with Crippen LogP contribution in [-0.4, -0.2) is 21.0 Å². The molecule has 1 N–H and O–H groups in total. The molecule has 110 valence electrons. The van der Waals surface area contributed by atoms with Crippen molar-refractivity contribution in [1.29, 1.82) is 0 Å². The molecule has 2 aromatic heterocycles. The summed E-state index contributed by atoms with van der Waals surface area (Å²) in [4.78, 5) is 26.2. The number of aromatic nitrogens is 2. The molecule has 0 amide bonds. The predicted molar refractivity (Wildman–Crippen MR) is 82.6 cm³/mol. The number of pyridine rings is 2. The Hall–Kier alpha value is -2.22. The van der Waals surface area contributed by atoms with Crippen molar-refractivity contribution in [3.8, 4) is 0 Å². The summed E-state index contributed by atoms with van der Waals surface area (Å²) in [6, 6.07) is 5.52. The SMILES string of the molecule is CCNc1cccc(Cn2cc(Br)c(=O)c([N+](=O)[O-])c2)n1. The van der Waals surface area contributed by atoms with Gasteiger partial charge in [0.2, 0.25) is 0 Å². The number of halogens is 1. The Balaban J connectivity index is 2.33. The van der Waals surface area contributed by atoms with Crippen molar-refractivity contribution in [2.24, 2.45) is 0 Å². The van der Waals surface area contributed by atoms with E-state index in [4.69, 9.17) is 0 Å². The van der Waals surface area contributed by atoms with Gasteiger partial charge < -0.3 is 9.88 Å². The van der Waals surface area contributed by atoms with Gasteiger partial charge in [0.1, 0.15) is 5.82 Å². The van der Waals surface area contributed by atoms with Crippen LogP contribution in [0.4, 0.5) is 11.5 Å². The monoisotopic (exact) mass is 352 g/mol. The van der Waals surface area contributed by atoms with Gasteiger partial charge in [0, 0.05) is 12.7 Å². The van der Waals surface area contributed by atoms with Crippen LogP contribution in [0.1, 0.15) is 12.6 Å². The summed E-state index contributed by atoms with van der Waals surface area (Å²) in [5.74, 6) is 0.740. The maximum Gasteiger partial charge on any atom is 0.333 e. The largest absolute Gasteiger partial charge is 0.370 e. The number of rotatable bonds is 5. The van der Waals surface area contributed by atoms with Crippen molar-refractivity contribution < 1.29 is 4.92 Å². The Kier molecular flexibility index (Phi) is 4.69. The molecule has 0 saturated heterocycles. The summed E-state index contributed by atoms with van der Waals surface area (Å²) in [7, 11) is 0. The summed E-state index contributed by atoms with van der Waals surface area (Å²) < 4.78 is 1.71. The van der Waals surface area contributed by atoms with Gasteiger partial charge >= 0.3 is 5.69 Å². The van der Waals surface area contributed by atoms with Crippen molar-refractivity contribution in [1.82, 2.24) is 9.55 Å². The summed E-state index contributed by atoms with van der Waals surface area (Å²) in [5, 5.41) is 14.0. The highest BCUT2D eigenvalue weighted by molar-refractivity contribution is 9.10. The summed E-state index contributed by atoms with van der Waals surface area (Å²) in [6.45, 7) is 3.06. The molecular formula is C13H13BrN4O3. The Morgan fingerprint density at radius 1 is 1.43 bits per heavy atom. The fourth-order valence-corrected chi connectivity index (χ4v) is 2.30. The molecule has 0 aliphatic heterocycles. The Morgan fingerprint density at radius 3 is 2.86 bits per heavy atom. The van der Waals surface area contributed by atoms with Crippen LogP contribution < -0.4 is 10.7 Å². The summed E-state index contributed by atoms with van der Waals surface area (Å²) in [5.41, 5.74) is -0.365. The maximum absolute atomic E-state index is 11.6. The van der Waals surface area contributed by atoms with E-state index in [9.17, 15) is 14.9 Å². The molecule has 0 fully saturated rings. The lowest BCUT2D eigenvalue weighted by Crippen LogP contribution is -2.14. The molecule has 0 spiro atoms. The minimum Gasteiger partial charge on any atom is -0.370 e. The molecule has 0 atom stereocenters. The lowest BCUT2D eigenvalue weighted by Gasteiger charge is -2.08. The zero-order chi connectivity index (χ0) is 15.4. The number of nitrogens with zero attached hydrogens (tertiary/aromatic N) is 3. The third-order valence-corrected chi connectivity index (χ3v) is 3.29. The first-order valence-corrected chi connectivity index (χ1v) is 7.04. The first kappa shape index (κ1) is 15.2. The van der Waals surface area contributed by atoms with E-state index in [1.165, 1.54) is 12.4 Å². The molecule has 0 saturated carbocycles. The third kappa shape index (κ3) is 3.66. The van der Waals surface area contributed by atoms with Crippen LogP contribution in [0.15, 0.2) is 39.9 Å². The zero-order valence-electron chi connectivity index (χ0n) is 11.2. The van der Waals surface area contributed by atoms with Gasteiger partial charge in [-0.3, -0.25) is 14.9 Å². The normalized spacial score (nSPS) is 10.4. The van der Waals surface area contributed by atoms with E-state index in [-0.39, 0.29) is 4.47 Å². The van der Waals surface area contributed by atoms with Gasteiger partial charge in [0.25, 0.3) is 5.43 Å². The van der Waals surface area contributed by atoms with Crippen molar-refractivity contribution in [3.63, 3.8) is 0 Å². The number of hydrogen-bond acceptors (Lipinski definition) is 5. The van der Waals surface area contributed by atoms with Crippen LogP contribution in [0.25, 0.3) is 0 Å². The minimum atomic E-state index is -0.688. The van der Waals surface area contributed by atoms with E-state index >= 15 is 0 Å². The van der Waals surface area contributed by atoms with E-state index < -0.39 is 16.0 Å². The van der Waals surface area contributed by atoms with Crippen molar-refractivity contribution in [2.75, 3.05) is 11.9 Å².